The Morgan fingerprint density at radius 1 is 1.21 bits per heavy atom. The highest BCUT2D eigenvalue weighted by Gasteiger charge is 2.16. The predicted octanol–water partition coefficient (Wildman–Crippen LogP) is 4.28. The van der Waals surface area contributed by atoms with Crippen LogP contribution in [0, 0.1) is 5.82 Å². The van der Waals surface area contributed by atoms with E-state index in [9.17, 15) is 13.2 Å². The summed E-state index contributed by atoms with van der Waals surface area (Å²) in [5, 5.41) is 0. The van der Waals surface area contributed by atoms with Gasteiger partial charge in [-0.15, -0.1) is 0 Å². The molecule has 3 heteroatoms. The van der Waals surface area contributed by atoms with Crippen LogP contribution in [0.25, 0.3) is 0 Å². The molecule has 0 N–H and O–H groups in total. The first-order valence-electron chi connectivity index (χ1n) is 4.63. The molecule has 0 aliphatic rings. The van der Waals surface area contributed by atoms with E-state index in [-0.39, 0.29) is 11.5 Å². The second kappa shape index (κ2) is 4.49. The Balaban J connectivity index is 3.14. The van der Waals surface area contributed by atoms with Crippen molar-refractivity contribution in [3.8, 4) is 0 Å². The van der Waals surface area contributed by atoms with Crippen LogP contribution >= 0.6 is 0 Å². The van der Waals surface area contributed by atoms with Gasteiger partial charge < -0.3 is 0 Å². The van der Waals surface area contributed by atoms with E-state index in [1.807, 2.05) is 13.8 Å². The summed E-state index contributed by atoms with van der Waals surface area (Å²) in [5.74, 6) is -0.563. The number of hydrogen-bond donors (Lipinski definition) is 0. The third kappa shape index (κ3) is 2.28. The van der Waals surface area contributed by atoms with Crippen molar-refractivity contribution in [2.24, 2.45) is 0 Å². The monoisotopic (exact) mass is 202 g/mol. The van der Waals surface area contributed by atoms with E-state index in [0.717, 1.165) is 12.5 Å². The van der Waals surface area contributed by atoms with Crippen LogP contribution in [0.15, 0.2) is 18.2 Å². The zero-order valence-corrected chi connectivity index (χ0v) is 8.23. The van der Waals surface area contributed by atoms with Gasteiger partial charge in [0.2, 0.25) is 0 Å². The summed E-state index contributed by atoms with van der Waals surface area (Å²) in [6, 6.07) is 3.60. The van der Waals surface area contributed by atoms with E-state index in [1.54, 1.807) is 0 Å². The van der Waals surface area contributed by atoms with Crippen LogP contribution in [0.5, 0.6) is 0 Å². The molecule has 1 rings (SSSR count). The molecule has 0 spiro atoms. The van der Waals surface area contributed by atoms with Crippen LogP contribution in [0.3, 0.4) is 0 Å². The molecule has 0 aliphatic carbocycles. The van der Waals surface area contributed by atoms with Gasteiger partial charge in [0.1, 0.15) is 5.82 Å². The number of rotatable bonds is 3. The quantitative estimate of drug-likeness (QED) is 0.686. The maximum Gasteiger partial charge on any atom is 0.264 e. The molecule has 0 fully saturated rings. The van der Waals surface area contributed by atoms with Gasteiger partial charge in [0, 0.05) is 5.56 Å². The fourth-order valence-electron chi connectivity index (χ4n) is 1.40. The normalized spacial score (nSPS) is 13.3. The Morgan fingerprint density at radius 2 is 1.86 bits per heavy atom. The van der Waals surface area contributed by atoms with E-state index < -0.39 is 12.2 Å². The van der Waals surface area contributed by atoms with Crippen molar-refractivity contribution in [1.29, 1.82) is 0 Å². The van der Waals surface area contributed by atoms with Crippen molar-refractivity contribution in [2.75, 3.05) is 0 Å². The first-order valence-corrected chi connectivity index (χ1v) is 4.63. The molecule has 0 bridgehead atoms. The summed E-state index contributed by atoms with van der Waals surface area (Å²) in [6.07, 6.45) is -1.83. The van der Waals surface area contributed by atoms with Gasteiger partial charge in [-0.25, -0.2) is 13.2 Å². The van der Waals surface area contributed by atoms with Crippen LogP contribution in [0.4, 0.5) is 13.2 Å². The first kappa shape index (κ1) is 11.1. The third-order valence-electron chi connectivity index (χ3n) is 2.43. The highest BCUT2D eigenvalue weighted by Crippen LogP contribution is 2.30. The summed E-state index contributed by atoms with van der Waals surface area (Å²) in [4.78, 5) is 0. The molecule has 1 atom stereocenters. The molecule has 0 radical (unpaired) electrons. The molecule has 1 aromatic carbocycles. The Bertz CT molecular complexity index is 307. The molecule has 0 nitrogen and oxygen atoms in total. The molecule has 0 aromatic heterocycles. The Labute approximate surface area is 81.8 Å². The topological polar surface area (TPSA) is 0 Å². The van der Waals surface area contributed by atoms with Gasteiger partial charge in [-0.3, -0.25) is 0 Å². The number of benzene rings is 1. The summed E-state index contributed by atoms with van der Waals surface area (Å²) in [6.45, 7) is 3.78. The van der Waals surface area contributed by atoms with E-state index in [4.69, 9.17) is 0 Å². The molecule has 0 saturated carbocycles. The van der Waals surface area contributed by atoms with Crippen molar-refractivity contribution in [3.05, 3.63) is 35.1 Å². The minimum Gasteiger partial charge on any atom is -0.207 e. The molecule has 14 heavy (non-hydrogen) atoms. The van der Waals surface area contributed by atoms with Gasteiger partial charge in [0.25, 0.3) is 6.43 Å². The summed E-state index contributed by atoms with van der Waals surface area (Å²) in [5.41, 5.74) is 0.364. The Hall–Kier alpha value is -0.990. The molecule has 1 aromatic rings. The van der Waals surface area contributed by atoms with E-state index in [0.29, 0.717) is 5.56 Å². The second-order valence-electron chi connectivity index (χ2n) is 3.38. The van der Waals surface area contributed by atoms with Gasteiger partial charge >= 0.3 is 0 Å². The summed E-state index contributed by atoms with van der Waals surface area (Å²) >= 11 is 0. The lowest BCUT2D eigenvalue weighted by molar-refractivity contribution is 0.149. The molecule has 0 aliphatic heterocycles. The summed E-state index contributed by atoms with van der Waals surface area (Å²) in [7, 11) is 0. The lowest BCUT2D eigenvalue weighted by atomic mass is 9.94. The van der Waals surface area contributed by atoms with Gasteiger partial charge in [-0.1, -0.05) is 19.9 Å². The minimum absolute atomic E-state index is 0.0413. The van der Waals surface area contributed by atoms with Crippen molar-refractivity contribution in [2.45, 2.75) is 32.6 Å². The van der Waals surface area contributed by atoms with Crippen LogP contribution in [0.2, 0.25) is 0 Å². The number of hydrogen-bond acceptors (Lipinski definition) is 0. The van der Waals surface area contributed by atoms with Crippen LogP contribution in [0.1, 0.15) is 43.7 Å². The van der Waals surface area contributed by atoms with Gasteiger partial charge in [-0.2, -0.15) is 0 Å². The van der Waals surface area contributed by atoms with Crippen LogP contribution in [-0.4, -0.2) is 0 Å². The summed E-state index contributed by atoms with van der Waals surface area (Å²) < 4.78 is 37.8. The zero-order valence-electron chi connectivity index (χ0n) is 8.23. The van der Waals surface area contributed by atoms with E-state index in [2.05, 4.69) is 0 Å². The lowest BCUT2D eigenvalue weighted by Crippen LogP contribution is -1.99. The molecular weight excluding hydrogens is 189 g/mol. The van der Waals surface area contributed by atoms with Crippen molar-refractivity contribution < 1.29 is 13.2 Å². The fraction of sp³-hybridized carbons (Fsp3) is 0.455. The first-order chi connectivity index (χ1) is 6.56. The number of halogens is 3. The SMILES string of the molecule is CCC(C)c1ccc(F)cc1C(F)F. The van der Waals surface area contributed by atoms with Gasteiger partial charge in [-0.05, 0) is 30.0 Å². The molecule has 0 amide bonds. The van der Waals surface area contributed by atoms with E-state index >= 15 is 0 Å². The zero-order chi connectivity index (χ0) is 10.7. The molecule has 1 unspecified atom stereocenters. The second-order valence-corrected chi connectivity index (χ2v) is 3.38. The van der Waals surface area contributed by atoms with Crippen molar-refractivity contribution in [1.82, 2.24) is 0 Å². The molecule has 78 valence electrons. The molecule has 0 saturated heterocycles. The van der Waals surface area contributed by atoms with Crippen LogP contribution in [-0.2, 0) is 0 Å². The predicted molar refractivity (Wildman–Crippen MR) is 50.1 cm³/mol. The highest BCUT2D eigenvalue weighted by molar-refractivity contribution is 5.31. The lowest BCUT2D eigenvalue weighted by Gasteiger charge is -2.14. The largest absolute Gasteiger partial charge is 0.264 e. The smallest absolute Gasteiger partial charge is 0.207 e. The molecule has 0 heterocycles. The standard InChI is InChI=1S/C11H13F3/c1-3-7(2)9-5-4-8(12)6-10(9)11(13)14/h4-7,11H,3H2,1-2H3. The maximum atomic E-state index is 12.7. The maximum absolute atomic E-state index is 12.7. The van der Waals surface area contributed by atoms with Gasteiger partial charge in [0.05, 0.1) is 0 Å². The highest BCUT2D eigenvalue weighted by atomic mass is 19.3. The van der Waals surface area contributed by atoms with Crippen LogP contribution < -0.4 is 0 Å². The Kier molecular flexibility index (Phi) is 3.55. The van der Waals surface area contributed by atoms with Crippen molar-refractivity contribution >= 4 is 0 Å². The fourth-order valence-corrected chi connectivity index (χ4v) is 1.40. The van der Waals surface area contributed by atoms with E-state index in [1.165, 1.54) is 12.1 Å². The average molecular weight is 202 g/mol. The molecular formula is C11H13F3. The average Bonchev–Trinajstić information content (AvgIpc) is 2.16. The minimum atomic E-state index is -2.60. The van der Waals surface area contributed by atoms with Gasteiger partial charge in [0.15, 0.2) is 0 Å². The van der Waals surface area contributed by atoms with Crippen molar-refractivity contribution in [3.63, 3.8) is 0 Å². The third-order valence-corrected chi connectivity index (χ3v) is 2.43. The Morgan fingerprint density at radius 3 is 2.36 bits per heavy atom. The number of alkyl halides is 2.